The van der Waals surface area contributed by atoms with E-state index in [4.69, 9.17) is 18.9 Å². The molecule has 0 aliphatic carbocycles. The van der Waals surface area contributed by atoms with Crippen LogP contribution in [0.3, 0.4) is 0 Å². The third-order valence-corrected chi connectivity index (χ3v) is 5.33. The fourth-order valence-electron chi connectivity index (χ4n) is 3.34. The van der Waals surface area contributed by atoms with Crippen molar-refractivity contribution in [2.45, 2.75) is 25.9 Å². The first-order chi connectivity index (χ1) is 17.8. The number of hydrazone groups is 1. The molecule has 0 fully saturated rings. The van der Waals surface area contributed by atoms with Gasteiger partial charge in [-0.25, -0.2) is 4.79 Å². The first-order valence-corrected chi connectivity index (χ1v) is 11.7. The number of nitrogens with zero attached hydrogens (tertiary/aromatic N) is 2. The molecule has 2 N–H and O–H groups in total. The van der Waals surface area contributed by atoms with Crippen LogP contribution in [-0.4, -0.2) is 71.1 Å². The Kier molecular flexibility index (Phi) is 11.5. The third kappa shape index (κ3) is 8.29. The second-order valence-corrected chi connectivity index (χ2v) is 7.87. The second-order valence-electron chi connectivity index (χ2n) is 7.87. The molecule has 0 aliphatic heterocycles. The zero-order valence-electron chi connectivity index (χ0n) is 21.6. The first-order valence-electron chi connectivity index (χ1n) is 11.7. The molecule has 0 heterocycles. The first kappa shape index (κ1) is 29.3. The number of nitrogens with one attached hydrogen (secondary N) is 2. The van der Waals surface area contributed by atoms with Gasteiger partial charge in [0.1, 0.15) is 17.2 Å². The van der Waals surface area contributed by atoms with E-state index in [2.05, 4.69) is 22.5 Å². The van der Waals surface area contributed by atoms with Gasteiger partial charge in [0.25, 0.3) is 5.91 Å². The van der Waals surface area contributed by atoms with Crippen molar-refractivity contribution in [2.75, 3.05) is 45.5 Å². The molecule has 3 amide bonds. The maximum atomic E-state index is 12.7. The monoisotopic (exact) mass is 514 g/mol. The summed E-state index contributed by atoms with van der Waals surface area (Å²) in [6.07, 6.45) is 0.260. The van der Waals surface area contributed by atoms with E-state index in [1.54, 1.807) is 29.3 Å². The summed E-state index contributed by atoms with van der Waals surface area (Å²) < 4.78 is 22.1. The molecule has 2 aromatic rings. The molecule has 0 saturated heterocycles. The highest BCUT2D eigenvalue weighted by Crippen LogP contribution is 2.30. The third-order valence-electron chi connectivity index (χ3n) is 5.33. The fraction of sp³-hybridized carbons (Fsp3) is 0.385. The number of amides is 3. The van der Waals surface area contributed by atoms with Crippen LogP contribution in [0.15, 0.2) is 47.6 Å². The zero-order chi connectivity index (χ0) is 27.3. The van der Waals surface area contributed by atoms with Crippen LogP contribution in [-0.2, 0) is 19.1 Å². The van der Waals surface area contributed by atoms with Gasteiger partial charge >= 0.3 is 6.03 Å². The molecule has 2 aromatic carbocycles. The summed E-state index contributed by atoms with van der Waals surface area (Å²) in [4.78, 5) is 36.2. The number of ether oxygens (including phenoxy) is 4. The Morgan fingerprint density at radius 3 is 2.35 bits per heavy atom. The number of benzene rings is 2. The van der Waals surface area contributed by atoms with Crippen molar-refractivity contribution in [3.05, 3.63) is 48.0 Å². The van der Waals surface area contributed by atoms with Gasteiger partial charge in [-0.05, 0) is 61.9 Å². The molecule has 0 spiro atoms. The average molecular weight is 515 g/mol. The lowest BCUT2D eigenvalue weighted by Crippen LogP contribution is -2.56. The highest BCUT2D eigenvalue weighted by Gasteiger charge is 2.41. The highest BCUT2D eigenvalue weighted by molar-refractivity contribution is 6.07. The Bertz CT molecular complexity index is 1060. The maximum absolute atomic E-state index is 12.7. The summed E-state index contributed by atoms with van der Waals surface area (Å²) in [5.74, 6) is 0.448. The Morgan fingerprint density at radius 1 is 1.11 bits per heavy atom. The van der Waals surface area contributed by atoms with E-state index < -0.39 is 17.5 Å². The number of anilines is 1. The van der Waals surface area contributed by atoms with Crippen molar-refractivity contribution >= 4 is 30.6 Å². The van der Waals surface area contributed by atoms with Crippen molar-refractivity contribution in [3.63, 3.8) is 0 Å². The fourth-order valence-corrected chi connectivity index (χ4v) is 3.34. The molecule has 11 heteroatoms. The van der Waals surface area contributed by atoms with Crippen molar-refractivity contribution < 1.29 is 33.3 Å². The number of urea groups is 1. The van der Waals surface area contributed by atoms with Crippen molar-refractivity contribution in [3.8, 4) is 17.2 Å². The van der Waals surface area contributed by atoms with Crippen molar-refractivity contribution in [1.29, 1.82) is 0 Å². The van der Waals surface area contributed by atoms with Gasteiger partial charge in [0, 0.05) is 33.9 Å². The molecule has 0 radical (unpaired) electrons. The lowest BCUT2D eigenvalue weighted by atomic mass is 10.0. The summed E-state index contributed by atoms with van der Waals surface area (Å²) in [5, 5.41) is 10.2. The molecule has 1 unspecified atom stereocenters. The predicted molar refractivity (Wildman–Crippen MR) is 140 cm³/mol. The summed E-state index contributed by atoms with van der Waals surface area (Å²) >= 11 is 0. The molecular formula is C26H34N4O7. The molecule has 0 aliphatic rings. The zero-order valence-corrected chi connectivity index (χ0v) is 21.6. The molecular weight excluding hydrogens is 480 g/mol. The van der Waals surface area contributed by atoms with Gasteiger partial charge in [-0.1, -0.05) is 0 Å². The average Bonchev–Trinajstić information content (AvgIpc) is 2.90. The number of aldehydes is 1. The topological polar surface area (TPSA) is 128 Å². The number of imide groups is 1. The number of carbonyl (C=O) groups is 3. The van der Waals surface area contributed by atoms with Gasteiger partial charge in [-0.15, -0.1) is 0 Å². The second kappa shape index (κ2) is 14.6. The Balaban J connectivity index is 2.14. The Morgan fingerprint density at radius 2 is 1.78 bits per heavy atom. The molecule has 0 saturated carbocycles. The molecule has 1 atom stereocenters. The highest BCUT2D eigenvalue weighted by atomic mass is 16.5. The molecule has 200 valence electrons. The number of carbonyl (C=O) groups excluding carboxylic acids is 3. The van der Waals surface area contributed by atoms with Gasteiger partial charge in [-0.2, -0.15) is 5.10 Å². The van der Waals surface area contributed by atoms with E-state index in [1.165, 1.54) is 14.2 Å². The Labute approximate surface area is 216 Å². The quantitative estimate of drug-likeness (QED) is 0.122. The van der Waals surface area contributed by atoms with Crippen LogP contribution in [0.1, 0.15) is 18.9 Å². The molecule has 11 nitrogen and oxygen atoms in total. The van der Waals surface area contributed by atoms with Crippen LogP contribution in [0.5, 0.6) is 17.2 Å². The summed E-state index contributed by atoms with van der Waals surface area (Å²) in [6, 6.07) is 11.2. The van der Waals surface area contributed by atoms with E-state index in [0.29, 0.717) is 37.5 Å². The minimum atomic E-state index is -1.95. The number of rotatable bonds is 15. The maximum Gasteiger partial charge on any atom is 0.321 e. The van der Waals surface area contributed by atoms with Crippen LogP contribution in [0, 0.1) is 6.92 Å². The van der Waals surface area contributed by atoms with Crippen LogP contribution in [0.4, 0.5) is 10.5 Å². The largest absolute Gasteiger partial charge is 0.470 e. The normalized spacial score (nSPS) is 12.1. The summed E-state index contributed by atoms with van der Waals surface area (Å²) in [6.45, 7) is 9.32. The van der Waals surface area contributed by atoms with Crippen LogP contribution in [0.2, 0.25) is 0 Å². The number of methoxy groups -OCH3 is 1. The predicted octanol–water partition coefficient (Wildman–Crippen LogP) is 3.05. The molecule has 0 aromatic heterocycles. The van der Waals surface area contributed by atoms with Crippen molar-refractivity contribution in [2.24, 2.45) is 5.10 Å². The standard InChI is InChI=1S/C26H34N4O7/c1-6-35-16-14-30(28-4)23-12-11-22(17-19(23)2)36-20-7-9-21(10-8-20)37-26(18-31,13-15-34-5)24(32)29-25(33)27-3/h7-12,17-18H,4,6,13-16H2,1-3,5H3,(H2,27,29,32,33). The molecule has 2 rings (SSSR count). The lowest BCUT2D eigenvalue weighted by Gasteiger charge is -2.27. The SMILES string of the molecule is C=NN(CCOCC)c1ccc(Oc2ccc(OC(C=O)(CCOC)C(=O)NC(=O)NC)cc2)cc1C. The number of aryl methyl sites for hydroxylation is 1. The lowest BCUT2D eigenvalue weighted by molar-refractivity contribution is -0.143. The van der Waals surface area contributed by atoms with Crippen LogP contribution in [0.25, 0.3) is 0 Å². The van der Waals surface area contributed by atoms with Gasteiger partial charge < -0.3 is 24.3 Å². The van der Waals surface area contributed by atoms with Gasteiger partial charge in [0.2, 0.25) is 5.60 Å². The van der Waals surface area contributed by atoms with Gasteiger partial charge in [0.05, 0.1) is 25.4 Å². The minimum absolute atomic E-state index is 0.0564. The summed E-state index contributed by atoms with van der Waals surface area (Å²) in [7, 11) is 2.78. The minimum Gasteiger partial charge on any atom is -0.470 e. The number of hydrogen-bond donors (Lipinski definition) is 2. The van der Waals surface area contributed by atoms with E-state index in [-0.39, 0.29) is 18.8 Å². The smallest absolute Gasteiger partial charge is 0.321 e. The van der Waals surface area contributed by atoms with E-state index >= 15 is 0 Å². The number of hydrogen-bond acceptors (Lipinski definition) is 9. The van der Waals surface area contributed by atoms with Gasteiger partial charge in [-0.3, -0.25) is 19.9 Å². The van der Waals surface area contributed by atoms with E-state index in [1.807, 2.05) is 32.0 Å². The van der Waals surface area contributed by atoms with Crippen LogP contribution >= 0.6 is 0 Å². The summed E-state index contributed by atoms with van der Waals surface area (Å²) in [5.41, 5.74) is -0.120. The van der Waals surface area contributed by atoms with Crippen LogP contribution < -0.4 is 25.1 Å². The molecule has 37 heavy (non-hydrogen) atoms. The van der Waals surface area contributed by atoms with E-state index in [0.717, 1.165) is 11.3 Å². The van der Waals surface area contributed by atoms with E-state index in [9.17, 15) is 14.4 Å². The van der Waals surface area contributed by atoms with Crippen molar-refractivity contribution in [1.82, 2.24) is 10.6 Å². The van der Waals surface area contributed by atoms with Gasteiger partial charge in [0.15, 0.2) is 6.29 Å². The molecule has 0 bridgehead atoms. The Hall–Kier alpha value is -3.96.